The van der Waals surface area contributed by atoms with Gasteiger partial charge in [0.05, 0.1) is 12.2 Å². The van der Waals surface area contributed by atoms with E-state index in [1.165, 1.54) is 12.8 Å². The summed E-state index contributed by atoms with van der Waals surface area (Å²) in [5.41, 5.74) is 1.51. The summed E-state index contributed by atoms with van der Waals surface area (Å²) < 4.78 is 7.94. The topological polar surface area (TPSA) is 38.4 Å². The van der Waals surface area contributed by atoms with E-state index in [1.807, 2.05) is 18.2 Å². The summed E-state index contributed by atoms with van der Waals surface area (Å²) in [6.07, 6.45) is 2.41. The Kier molecular flexibility index (Phi) is 3.50. The van der Waals surface area contributed by atoms with Gasteiger partial charge < -0.3 is 4.42 Å². The highest BCUT2D eigenvalue weighted by Gasteiger charge is 2.18. The zero-order chi connectivity index (χ0) is 13.4. The summed E-state index contributed by atoms with van der Waals surface area (Å²) in [4.78, 5) is 14.3. The first-order chi connectivity index (χ1) is 9.13. The molecule has 0 bridgehead atoms. The van der Waals surface area contributed by atoms with Crippen LogP contribution in [0.3, 0.4) is 0 Å². The molecule has 4 nitrogen and oxygen atoms in total. The molecule has 19 heavy (non-hydrogen) atoms. The zero-order valence-corrected chi connectivity index (χ0v) is 12.5. The molecular formula is C14H17BrN2O2. The first-order valence-corrected chi connectivity index (χ1v) is 7.44. The lowest BCUT2D eigenvalue weighted by molar-refractivity contribution is 0.152. The second kappa shape index (κ2) is 5.13. The molecule has 2 aromatic rings. The molecule has 1 aliphatic rings. The van der Waals surface area contributed by atoms with Gasteiger partial charge in [0, 0.05) is 17.6 Å². The fourth-order valence-corrected chi connectivity index (χ4v) is 2.92. The van der Waals surface area contributed by atoms with Gasteiger partial charge in [-0.1, -0.05) is 22.9 Å². The number of benzene rings is 1. The van der Waals surface area contributed by atoms with Crippen molar-refractivity contribution in [1.29, 1.82) is 0 Å². The molecule has 1 aromatic heterocycles. The van der Waals surface area contributed by atoms with Gasteiger partial charge in [0.15, 0.2) is 5.58 Å². The maximum absolute atomic E-state index is 11.9. The van der Waals surface area contributed by atoms with Gasteiger partial charge in [0.2, 0.25) is 0 Å². The zero-order valence-electron chi connectivity index (χ0n) is 10.9. The highest BCUT2D eigenvalue weighted by atomic mass is 79.9. The van der Waals surface area contributed by atoms with Gasteiger partial charge in [-0.2, -0.15) is 0 Å². The number of oxazole rings is 1. The van der Waals surface area contributed by atoms with Crippen molar-refractivity contribution in [1.82, 2.24) is 9.47 Å². The van der Waals surface area contributed by atoms with Gasteiger partial charge in [0.25, 0.3) is 0 Å². The molecule has 0 saturated carbocycles. The van der Waals surface area contributed by atoms with Crippen LogP contribution in [-0.4, -0.2) is 22.6 Å². The van der Waals surface area contributed by atoms with E-state index >= 15 is 0 Å². The minimum atomic E-state index is -0.272. The van der Waals surface area contributed by atoms with Gasteiger partial charge in [-0.05, 0) is 37.0 Å². The van der Waals surface area contributed by atoms with Gasteiger partial charge in [0.1, 0.15) is 0 Å². The molecule has 0 unspecified atom stereocenters. The van der Waals surface area contributed by atoms with Crippen molar-refractivity contribution in [2.75, 3.05) is 13.1 Å². The molecule has 2 heterocycles. The number of aromatic nitrogens is 1. The number of likely N-dealkylation sites (tertiary alicyclic amines) is 1. The average molecular weight is 325 g/mol. The van der Waals surface area contributed by atoms with Crippen LogP contribution in [0.4, 0.5) is 0 Å². The van der Waals surface area contributed by atoms with E-state index in [0.29, 0.717) is 12.3 Å². The van der Waals surface area contributed by atoms with Crippen molar-refractivity contribution in [2.45, 2.75) is 26.4 Å². The Hall–Kier alpha value is -1.07. The van der Waals surface area contributed by atoms with E-state index in [-0.39, 0.29) is 5.76 Å². The summed E-state index contributed by atoms with van der Waals surface area (Å²) in [7, 11) is 0. The van der Waals surface area contributed by atoms with Crippen molar-refractivity contribution in [3.8, 4) is 0 Å². The SMILES string of the molecule is CC1CCN(Cn2c(=O)oc3cc(Br)ccc32)CC1. The largest absolute Gasteiger partial charge is 0.421 e. The molecule has 0 spiro atoms. The van der Waals surface area contributed by atoms with Gasteiger partial charge in [-0.3, -0.25) is 9.47 Å². The summed E-state index contributed by atoms with van der Waals surface area (Å²) in [5, 5.41) is 0. The number of piperidine rings is 1. The van der Waals surface area contributed by atoms with E-state index in [9.17, 15) is 4.79 Å². The van der Waals surface area contributed by atoms with Crippen LogP contribution in [0, 0.1) is 5.92 Å². The normalized spacial score (nSPS) is 18.2. The molecule has 1 aliphatic heterocycles. The van der Waals surface area contributed by atoms with Gasteiger partial charge in [-0.25, -0.2) is 4.79 Å². The van der Waals surface area contributed by atoms with Crippen molar-refractivity contribution in [3.63, 3.8) is 0 Å². The van der Waals surface area contributed by atoms with Crippen LogP contribution < -0.4 is 5.76 Å². The molecule has 0 aliphatic carbocycles. The van der Waals surface area contributed by atoms with Crippen LogP contribution in [0.2, 0.25) is 0 Å². The Morgan fingerprint density at radius 2 is 2.11 bits per heavy atom. The molecule has 1 aromatic carbocycles. The Balaban J connectivity index is 1.88. The van der Waals surface area contributed by atoms with Crippen molar-refractivity contribution >= 4 is 27.0 Å². The predicted molar refractivity (Wildman–Crippen MR) is 78.1 cm³/mol. The molecule has 3 rings (SSSR count). The van der Waals surface area contributed by atoms with Crippen molar-refractivity contribution < 1.29 is 4.42 Å². The number of rotatable bonds is 2. The van der Waals surface area contributed by atoms with Crippen LogP contribution in [0.25, 0.3) is 11.1 Å². The lowest BCUT2D eigenvalue weighted by atomic mass is 10.00. The monoisotopic (exact) mass is 324 g/mol. The first kappa shape index (κ1) is 12.9. The molecular weight excluding hydrogens is 308 g/mol. The van der Waals surface area contributed by atoms with Crippen LogP contribution in [0.1, 0.15) is 19.8 Å². The van der Waals surface area contributed by atoms with Crippen LogP contribution in [0.5, 0.6) is 0 Å². The number of hydrogen-bond acceptors (Lipinski definition) is 3. The maximum Gasteiger partial charge on any atom is 0.421 e. The van der Waals surface area contributed by atoms with Crippen LogP contribution in [-0.2, 0) is 6.67 Å². The lowest BCUT2D eigenvalue weighted by Crippen LogP contribution is -2.36. The molecule has 0 amide bonds. The van der Waals surface area contributed by atoms with E-state index < -0.39 is 0 Å². The highest BCUT2D eigenvalue weighted by molar-refractivity contribution is 9.10. The average Bonchev–Trinajstić information content (AvgIpc) is 2.68. The highest BCUT2D eigenvalue weighted by Crippen LogP contribution is 2.21. The third-order valence-corrected chi connectivity index (χ3v) is 4.34. The summed E-state index contributed by atoms with van der Waals surface area (Å²) in [6.45, 7) is 5.02. The molecule has 0 radical (unpaired) electrons. The Morgan fingerprint density at radius 3 is 2.84 bits per heavy atom. The molecule has 1 saturated heterocycles. The van der Waals surface area contributed by atoms with Crippen molar-refractivity contribution in [3.05, 3.63) is 33.2 Å². The fraction of sp³-hybridized carbons (Fsp3) is 0.500. The second-order valence-corrected chi connectivity index (χ2v) is 6.27. The molecule has 0 atom stereocenters. The third-order valence-electron chi connectivity index (χ3n) is 3.85. The van der Waals surface area contributed by atoms with E-state index in [1.54, 1.807) is 4.57 Å². The van der Waals surface area contributed by atoms with Crippen LogP contribution in [0.15, 0.2) is 31.9 Å². The fourth-order valence-electron chi connectivity index (χ4n) is 2.58. The minimum absolute atomic E-state index is 0.272. The van der Waals surface area contributed by atoms with Gasteiger partial charge in [-0.15, -0.1) is 0 Å². The van der Waals surface area contributed by atoms with Crippen molar-refractivity contribution in [2.24, 2.45) is 5.92 Å². The maximum atomic E-state index is 11.9. The summed E-state index contributed by atoms with van der Waals surface area (Å²) >= 11 is 3.39. The molecule has 5 heteroatoms. The van der Waals surface area contributed by atoms with E-state index in [2.05, 4.69) is 27.8 Å². The van der Waals surface area contributed by atoms with Crippen LogP contribution >= 0.6 is 15.9 Å². The first-order valence-electron chi connectivity index (χ1n) is 6.65. The molecule has 0 N–H and O–H groups in total. The molecule has 1 fully saturated rings. The van der Waals surface area contributed by atoms with Gasteiger partial charge >= 0.3 is 5.76 Å². The quantitative estimate of drug-likeness (QED) is 0.852. The number of halogens is 1. The van der Waals surface area contributed by atoms with E-state index in [4.69, 9.17) is 4.42 Å². The number of fused-ring (bicyclic) bond motifs is 1. The Labute approximate surface area is 120 Å². The third kappa shape index (κ3) is 2.62. The smallest absolute Gasteiger partial charge is 0.408 e. The molecule has 102 valence electrons. The summed E-state index contributed by atoms with van der Waals surface area (Å²) in [6, 6.07) is 5.70. The Morgan fingerprint density at radius 1 is 1.37 bits per heavy atom. The lowest BCUT2D eigenvalue weighted by Gasteiger charge is -2.29. The standard InChI is InChI=1S/C14H17BrN2O2/c1-10-4-6-16(7-5-10)9-17-12-3-2-11(15)8-13(12)19-14(17)18/h2-3,8,10H,4-7,9H2,1H3. The number of hydrogen-bond donors (Lipinski definition) is 0. The number of nitrogens with zero attached hydrogens (tertiary/aromatic N) is 2. The Bertz CT molecular complexity index is 638. The summed E-state index contributed by atoms with van der Waals surface area (Å²) in [5.74, 6) is 0.525. The predicted octanol–water partition coefficient (Wildman–Crippen LogP) is 3.05. The second-order valence-electron chi connectivity index (χ2n) is 5.35. The minimum Gasteiger partial charge on any atom is -0.408 e. The van der Waals surface area contributed by atoms with E-state index in [0.717, 1.165) is 29.0 Å².